The first-order chi connectivity index (χ1) is 12.2. The van der Waals surface area contributed by atoms with E-state index in [1.807, 2.05) is 48.3 Å². The Morgan fingerprint density at radius 3 is 2.60 bits per heavy atom. The van der Waals surface area contributed by atoms with Gasteiger partial charge in [-0.15, -0.1) is 0 Å². The van der Waals surface area contributed by atoms with Gasteiger partial charge < -0.3 is 14.4 Å². The third-order valence-corrected chi connectivity index (χ3v) is 4.92. The number of likely N-dealkylation sites (N-methyl/N-ethyl adjacent to an activating group) is 1. The highest BCUT2D eigenvalue weighted by Gasteiger charge is 2.29. The van der Waals surface area contributed by atoms with Crippen LogP contribution in [-0.2, 0) is 4.79 Å². The lowest BCUT2D eigenvalue weighted by Crippen LogP contribution is -2.30. The van der Waals surface area contributed by atoms with Crippen LogP contribution in [0.15, 0.2) is 42.5 Å². The van der Waals surface area contributed by atoms with Gasteiger partial charge in [-0.3, -0.25) is 4.79 Å². The zero-order valence-corrected chi connectivity index (χ0v) is 15.1. The first kappa shape index (κ1) is 17.3. The molecule has 4 nitrogen and oxygen atoms in total. The second-order valence-corrected chi connectivity index (χ2v) is 6.46. The van der Waals surface area contributed by atoms with Gasteiger partial charge in [0, 0.05) is 19.2 Å². The number of likely N-dealkylation sites (tertiary alicyclic amines) is 1. The van der Waals surface area contributed by atoms with Crippen LogP contribution in [0.25, 0.3) is 11.1 Å². The maximum absolute atomic E-state index is 12.9. The Balaban J connectivity index is 2.15. The Morgan fingerprint density at radius 1 is 1.04 bits per heavy atom. The quantitative estimate of drug-likeness (QED) is 0.842. The molecule has 1 saturated heterocycles. The molecule has 0 saturated carbocycles. The highest BCUT2D eigenvalue weighted by atomic mass is 16.5. The number of methoxy groups -OCH3 is 2. The summed E-state index contributed by atoms with van der Waals surface area (Å²) < 4.78 is 11.0. The summed E-state index contributed by atoms with van der Waals surface area (Å²) in [5.41, 5.74) is 3.02. The standard InChI is InChI=1S/C21H25NO3/c1-22-13-5-4-10-18(21(22)23)17-11-7-12-19(25-3)20(17)15-8-6-9-16(14-15)24-2/h6-9,11-12,14,18H,4-5,10,13H2,1-3H3/t18-/m0/s1. The van der Waals surface area contributed by atoms with Crippen LogP contribution in [0.5, 0.6) is 11.5 Å². The Hall–Kier alpha value is -2.49. The van der Waals surface area contributed by atoms with Gasteiger partial charge in [-0.1, -0.05) is 30.7 Å². The minimum absolute atomic E-state index is 0.135. The van der Waals surface area contributed by atoms with Crippen molar-refractivity contribution in [3.63, 3.8) is 0 Å². The zero-order valence-electron chi connectivity index (χ0n) is 15.1. The van der Waals surface area contributed by atoms with Crippen LogP contribution < -0.4 is 9.47 Å². The molecular weight excluding hydrogens is 314 g/mol. The summed E-state index contributed by atoms with van der Waals surface area (Å²) in [6.45, 7) is 0.827. The number of rotatable bonds is 4. The molecule has 2 aromatic rings. The van der Waals surface area contributed by atoms with Gasteiger partial charge in [-0.05, 0) is 42.2 Å². The predicted octanol–water partition coefficient (Wildman–Crippen LogP) is 4.10. The topological polar surface area (TPSA) is 38.8 Å². The van der Waals surface area contributed by atoms with E-state index in [1.54, 1.807) is 14.2 Å². The van der Waals surface area contributed by atoms with Crippen molar-refractivity contribution in [1.29, 1.82) is 0 Å². The molecule has 0 aliphatic carbocycles. The fraction of sp³-hybridized carbons (Fsp3) is 0.381. The Morgan fingerprint density at radius 2 is 1.84 bits per heavy atom. The van der Waals surface area contributed by atoms with Gasteiger partial charge >= 0.3 is 0 Å². The molecule has 1 heterocycles. The lowest BCUT2D eigenvalue weighted by Gasteiger charge is -2.23. The lowest BCUT2D eigenvalue weighted by atomic mass is 9.86. The monoisotopic (exact) mass is 339 g/mol. The van der Waals surface area contributed by atoms with Crippen molar-refractivity contribution in [2.45, 2.75) is 25.2 Å². The fourth-order valence-corrected chi connectivity index (χ4v) is 3.58. The summed E-state index contributed by atoms with van der Waals surface area (Å²) in [5, 5.41) is 0. The van der Waals surface area contributed by atoms with Gasteiger partial charge in [0.25, 0.3) is 0 Å². The molecule has 1 amide bonds. The van der Waals surface area contributed by atoms with Gasteiger partial charge in [0.1, 0.15) is 11.5 Å². The largest absolute Gasteiger partial charge is 0.497 e. The molecule has 2 aromatic carbocycles. The molecule has 0 N–H and O–H groups in total. The summed E-state index contributed by atoms with van der Waals surface area (Å²) in [7, 11) is 5.22. The summed E-state index contributed by atoms with van der Waals surface area (Å²) in [6.07, 6.45) is 2.97. The van der Waals surface area contributed by atoms with Crippen LogP contribution >= 0.6 is 0 Å². The molecule has 25 heavy (non-hydrogen) atoms. The zero-order chi connectivity index (χ0) is 17.8. The summed E-state index contributed by atoms with van der Waals surface area (Å²) >= 11 is 0. The molecule has 132 valence electrons. The third kappa shape index (κ3) is 3.48. The van der Waals surface area contributed by atoms with Crippen LogP contribution in [0.1, 0.15) is 30.7 Å². The van der Waals surface area contributed by atoms with Gasteiger partial charge in [0.05, 0.1) is 20.1 Å². The third-order valence-electron chi connectivity index (χ3n) is 4.92. The lowest BCUT2D eigenvalue weighted by molar-refractivity contribution is -0.130. The van der Waals surface area contributed by atoms with Crippen LogP contribution in [0.2, 0.25) is 0 Å². The maximum atomic E-state index is 12.9. The van der Waals surface area contributed by atoms with E-state index in [1.165, 1.54) is 0 Å². The Labute approximate surface area is 149 Å². The van der Waals surface area contributed by atoms with E-state index in [2.05, 4.69) is 6.07 Å². The number of carbonyl (C=O) groups excluding carboxylic acids is 1. The molecule has 0 bridgehead atoms. The molecule has 0 unspecified atom stereocenters. The number of hydrogen-bond donors (Lipinski definition) is 0. The van der Waals surface area contributed by atoms with Gasteiger partial charge in [-0.2, -0.15) is 0 Å². The smallest absolute Gasteiger partial charge is 0.229 e. The van der Waals surface area contributed by atoms with Crippen molar-refractivity contribution >= 4 is 5.91 Å². The van der Waals surface area contributed by atoms with E-state index in [9.17, 15) is 4.79 Å². The molecule has 1 aliphatic rings. The Kier molecular flexibility index (Phi) is 5.27. The van der Waals surface area contributed by atoms with Crippen LogP contribution in [-0.4, -0.2) is 38.6 Å². The number of carbonyl (C=O) groups is 1. The number of amides is 1. The van der Waals surface area contributed by atoms with E-state index >= 15 is 0 Å². The van der Waals surface area contributed by atoms with Crippen LogP contribution in [0.4, 0.5) is 0 Å². The van der Waals surface area contributed by atoms with Crippen molar-refractivity contribution < 1.29 is 14.3 Å². The van der Waals surface area contributed by atoms with Gasteiger partial charge in [0.15, 0.2) is 0 Å². The molecule has 4 heteroatoms. The minimum Gasteiger partial charge on any atom is -0.497 e. The van der Waals surface area contributed by atoms with Crippen LogP contribution in [0.3, 0.4) is 0 Å². The number of nitrogens with zero attached hydrogens (tertiary/aromatic N) is 1. The van der Waals surface area contributed by atoms with E-state index in [-0.39, 0.29) is 11.8 Å². The molecular formula is C21H25NO3. The average molecular weight is 339 g/mol. The summed E-state index contributed by atoms with van der Waals surface area (Å²) in [6, 6.07) is 13.9. The second-order valence-electron chi connectivity index (χ2n) is 6.46. The highest BCUT2D eigenvalue weighted by molar-refractivity contribution is 5.88. The van der Waals surface area contributed by atoms with E-state index < -0.39 is 0 Å². The highest BCUT2D eigenvalue weighted by Crippen LogP contribution is 2.41. The maximum Gasteiger partial charge on any atom is 0.229 e. The van der Waals surface area contributed by atoms with Gasteiger partial charge in [-0.25, -0.2) is 0 Å². The summed E-state index contributed by atoms with van der Waals surface area (Å²) in [5.74, 6) is 1.63. The average Bonchev–Trinajstić information content (AvgIpc) is 2.82. The van der Waals surface area contributed by atoms with Crippen molar-refractivity contribution in [3.05, 3.63) is 48.0 Å². The SMILES string of the molecule is COc1cccc(-c2c(OC)cccc2[C@@H]2CCCCN(C)C2=O)c1. The number of hydrogen-bond acceptors (Lipinski definition) is 3. The van der Waals surface area contributed by atoms with Crippen molar-refractivity contribution in [1.82, 2.24) is 4.90 Å². The first-order valence-electron chi connectivity index (χ1n) is 8.72. The van der Waals surface area contributed by atoms with E-state index in [4.69, 9.17) is 9.47 Å². The minimum atomic E-state index is -0.135. The number of ether oxygens (including phenoxy) is 2. The molecule has 1 aliphatic heterocycles. The van der Waals surface area contributed by atoms with Crippen molar-refractivity contribution in [3.8, 4) is 22.6 Å². The summed E-state index contributed by atoms with van der Waals surface area (Å²) in [4.78, 5) is 14.8. The fourth-order valence-electron chi connectivity index (χ4n) is 3.58. The molecule has 0 radical (unpaired) electrons. The Bertz CT molecular complexity index is 757. The van der Waals surface area contributed by atoms with Crippen molar-refractivity contribution in [2.24, 2.45) is 0 Å². The molecule has 0 spiro atoms. The first-order valence-corrected chi connectivity index (χ1v) is 8.72. The molecule has 0 aromatic heterocycles. The second kappa shape index (κ2) is 7.60. The molecule has 1 fully saturated rings. The van der Waals surface area contributed by atoms with E-state index in [0.29, 0.717) is 0 Å². The molecule has 3 rings (SSSR count). The van der Waals surface area contributed by atoms with Gasteiger partial charge in [0.2, 0.25) is 5.91 Å². The van der Waals surface area contributed by atoms with E-state index in [0.717, 1.165) is 54.0 Å². The number of benzene rings is 2. The normalized spacial score (nSPS) is 18.0. The van der Waals surface area contributed by atoms with Crippen molar-refractivity contribution in [2.75, 3.05) is 27.8 Å². The molecule has 1 atom stereocenters. The predicted molar refractivity (Wildman–Crippen MR) is 99.2 cm³/mol. The van der Waals surface area contributed by atoms with Crippen LogP contribution in [0, 0.1) is 0 Å².